The van der Waals surface area contributed by atoms with Crippen LogP contribution in [-0.2, 0) is 14.8 Å². The molecule has 0 atom stereocenters. The zero-order chi connectivity index (χ0) is 18.9. The lowest BCUT2D eigenvalue weighted by molar-refractivity contribution is 0.0602. The number of benzene rings is 1. The summed E-state index contributed by atoms with van der Waals surface area (Å²) in [6, 6.07) is 7.71. The Balaban J connectivity index is 2.14. The second-order valence-corrected chi connectivity index (χ2v) is 8.53. The Kier molecular flexibility index (Phi) is 5.24. The van der Waals surface area contributed by atoms with E-state index in [4.69, 9.17) is 32.5 Å². The average Bonchev–Trinajstić information content (AvgIpc) is 3.24. The zero-order valence-corrected chi connectivity index (χ0v) is 16.2. The number of rotatable bonds is 5. The van der Waals surface area contributed by atoms with Gasteiger partial charge in [0, 0.05) is 5.56 Å². The minimum atomic E-state index is -3.96. The van der Waals surface area contributed by atoms with Gasteiger partial charge in [-0.1, -0.05) is 40.5 Å². The first kappa shape index (κ1) is 18.7. The first-order valence-electron chi connectivity index (χ1n) is 6.94. The Bertz CT molecular complexity index is 1040. The van der Waals surface area contributed by atoms with Crippen LogP contribution in [0.4, 0.5) is 5.88 Å². The Morgan fingerprint density at radius 2 is 1.92 bits per heavy atom. The highest BCUT2D eigenvalue weighted by Gasteiger charge is 2.30. The standard InChI is InChI=1S/C15H10Cl2N2O5S2/c1-23-15(20)12-13(11-8(16)4-2-5-9(11)17)18-24-14(12)19-26(21,22)10-6-3-7-25-10/h2-7,19H,1H3. The number of aromatic nitrogens is 1. The number of halogens is 2. The van der Waals surface area contributed by atoms with Gasteiger partial charge in [-0.15, -0.1) is 11.3 Å². The van der Waals surface area contributed by atoms with Gasteiger partial charge in [0.25, 0.3) is 15.9 Å². The smallest absolute Gasteiger partial charge is 0.345 e. The third kappa shape index (κ3) is 3.43. The lowest BCUT2D eigenvalue weighted by atomic mass is 10.1. The molecule has 136 valence electrons. The van der Waals surface area contributed by atoms with Gasteiger partial charge in [0.15, 0.2) is 5.56 Å². The highest BCUT2D eigenvalue weighted by atomic mass is 35.5. The van der Waals surface area contributed by atoms with E-state index in [2.05, 4.69) is 9.88 Å². The summed E-state index contributed by atoms with van der Waals surface area (Å²) in [5.41, 5.74) is -0.0412. The Hall–Kier alpha value is -2.07. The number of hydrogen-bond donors (Lipinski definition) is 1. The fourth-order valence-electron chi connectivity index (χ4n) is 2.13. The molecule has 1 N–H and O–H groups in total. The van der Waals surface area contributed by atoms with Gasteiger partial charge in [0.05, 0.1) is 17.2 Å². The number of nitrogens with one attached hydrogen (secondary N) is 1. The van der Waals surface area contributed by atoms with Gasteiger partial charge in [-0.2, -0.15) is 0 Å². The van der Waals surface area contributed by atoms with Gasteiger partial charge < -0.3 is 9.26 Å². The van der Waals surface area contributed by atoms with Crippen LogP contribution in [0.2, 0.25) is 10.0 Å². The van der Waals surface area contributed by atoms with Crippen molar-refractivity contribution in [3.8, 4) is 11.3 Å². The summed E-state index contributed by atoms with van der Waals surface area (Å²) in [5, 5.41) is 5.80. The van der Waals surface area contributed by atoms with Crippen molar-refractivity contribution in [2.45, 2.75) is 4.21 Å². The molecular formula is C15H10Cl2N2O5S2. The normalized spacial score (nSPS) is 11.3. The van der Waals surface area contributed by atoms with Crippen LogP contribution in [0.3, 0.4) is 0 Å². The van der Waals surface area contributed by atoms with Crippen molar-refractivity contribution in [3.63, 3.8) is 0 Å². The van der Waals surface area contributed by atoms with Crippen molar-refractivity contribution in [1.29, 1.82) is 0 Å². The molecule has 3 rings (SSSR count). The number of anilines is 1. The summed E-state index contributed by atoms with van der Waals surface area (Å²) in [6.07, 6.45) is 0. The Morgan fingerprint density at radius 3 is 2.50 bits per heavy atom. The average molecular weight is 433 g/mol. The molecule has 11 heteroatoms. The van der Waals surface area contributed by atoms with Crippen LogP contribution in [0.25, 0.3) is 11.3 Å². The fraction of sp³-hybridized carbons (Fsp3) is 0.0667. The van der Waals surface area contributed by atoms with Crippen molar-refractivity contribution in [2.24, 2.45) is 0 Å². The number of ether oxygens (including phenoxy) is 1. The topological polar surface area (TPSA) is 98.5 Å². The molecular weight excluding hydrogens is 423 g/mol. The van der Waals surface area contributed by atoms with Gasteiger partial charge >= 0.3 is 5.97 Å². The lowest BCUT2D eigenvalue weighted by Crippen LogP contribution is -2.14. The van der Waals surface area contributed by atoms with Crippen LogP contribution >= 0.6 is 34.5 Å². The first-order valence-corrected chi connectivity index (χ1v) is 10.1. The molecule has 0 aliphatic rings. The van der Waals surface area contributed by atoms with Crippen LogP contribution in [-0.4, -0.2) is 26.7 Å². The molecule has 0 radical (unpaired) electrons. The minimum absolute atomic E-state index is 0.0312. The molecule has 0 aliphatic carbocycles. The van der Waals surface area contributed by atoms with E-state index in [-0.39, 0.29) is 31.1 Å². The molecule has 7 nitrogen and oxygen atoms in total. The van der Waals surface area contributed by atoms with Gasteiger partial charge in [-0.25, -0.2) is 17.9 Å². The molecule has 0 aliphatic heterocycles. The third-order valence-electron chi connectivity index (χ3n) is 3.27. The SMILES string of the molecule is COC(=O)c1c(-c2c(Cl)cccc2Cl)noc1NS(=O)(=O)c1cccs1. The number of carbonyl (C=O) groups is 1. The second-order valence-electron chi connectivity index (χ2n) is 4.86. The van der Waals surface area contributed by atoms with Crippen molar-refractivity contribution < 1.29 is 22.5 Å². The van der Waals surface area contributed by atoms with Gasteiger partial charge in [-0.3, -0.25) is 0 Å². The summed E-state index contributed by atoms with van der Waals surface area (Å²) in [7, 11) is -2.82. The van der Waals surface area contributed by atoms with E-state index in [0.29, 0.717) is 0 Å². The minimum Gasteiger partial charge on any atom is -0.465 e. The van der Waals surface area contributed by atoms with E-state index in [1.807, 2.05) is 0 Å². The highest BCUT2D eigenvalue weighted by Crippen LogP contribution is 2.39. The van der Waals surface area contributed by atoms with Crippen LogP contribution in [0.1, 0.15) is 10.4 Å². The molecule has 0 amide bonds. The van der Waals surface area contributed by atoms with Gasteiger partial charge in [-0.05, 0) is 23.6 Å². The molecule has 2 heterocycles. The predicted octanol–water partition coefficient (Wildman–Crippen LogP) is 4.30. The molecule has 2 aromatic heterocycles. The molecule has 26 heavy (non-hydrogen) atoms. The molecule has 3 aromatic rings. The van der Waals surface area contributed by atoms with Crippen LogP contribution in [0.5, 0.6) is 0 Å². The van der Waals surface area contributed by atoms with Crippen LogP contribution < -0.4 is 4.72 Å². The molecule has 0 saturated heterocycles. The maximum absolute atomic E-state index is 12.4. The second kappa shape index (κ2) is 7.28. The van der Waals surface area contributed by atoms with E-state index < -0.39 is 21.9 Å². The molecule has 0 fully saturated rings. The van der Waals surface area contributed by atoms with Crippen molar-refractivity contribution in [1.82, 2.24) is 5.16 Å². The highest BCUT2D eigenvalue weighted by molar-refractivity contribution is 7.94. The van der Waals surface area contributed by atoms with E-state index >= 15 is 0 Å². The quantitative estimate of drug-likeness (QED) is 0.603. The summed E-state index contributed by atoms with van der Waals surface area (Å²) >= 11 is 13.3. The lowest BCUT2D eigenvalue weighted by Gasteiger charge is -2.07. The molecule has 1 aromatic carbocycles. The monoisotopic (exact) mass is 432 g/mol. The number of carbonyl (C=O) groups excluding carboxylic acids is 1. The molecule has 0 saturated carbocycles. The number of nitrogens with zero attached hydrogens (tertiary/aromatic N) is 1. The third-order valence-corrected chi connectivity index (χ3v) is 6.63. The van der Waals surface area contributed by atoms with Crippen LogP contribution in [0.15, 0.2) is 44.4 Å². The molecule has 0 unspecified atom stereocenters. The molecule has 0 bridgehead atoms. The van der Waals surface area contributed by atoms with E-state index in [1.165, 1.54) is 6.07 Å². The number of thiophene rings is 1. The summed E-state index contributed by atoms with van der Waals surface area (Å²) < 4.78 is 36.9. The van der Waals surface area contributed by atoms with Crippen molar-refractivity contribution >= 4 is 56.4 Å². The van der Waals surface area contributed by atoms with E-state index in [9.17, 15) is 13.2 Å². The summed E-state index contributed by atoms with van der Waals surface area (Å²) in [4.78, 5) is 12.2. The zero-order valence-electron chi connectivity index (χ0n) is 13.0. The van der Waals surface area contributed by atoms with Gasteiger partial charge in [0.1, 0.15) is 9.90 Å². The maximum atomic E-state index is 12.4. The number of sulfonamides is 1. The first-order chi connectivity index (χ1) is 12.3. The number of esters is 1. The summed E-state index contributed by atoms with van der Waals surface area (Å²) in [5.74, 6) is -1.25. The Labute approximate surface area is 162 Å². The molecule has 0 spiro atoms. The van der Waals surface area contributed by atoms with E-state index in [0.717, 1.165) is 18.4 Å². The van der Waals surface area contributed by atoms with E-state index in [1.54, 1.807) is 29.6 Å². The predicted molar refractivity (Wildman–Crippen MR) is 98.4 cm³/mol. The van der Waals surface area contributed by atoms with Crippen molar-refractivity contribution in [2.75, 3.05) is 11.8 Å². The Morgan fingerprint density at radius 1 is 1.23 bits per heavy atom. The van der Waals surface area contributed by atoms with Crippen LogP contribution in [0, 0.1) is 0 Å². The largest absolute Gasteiger partial charge is 0.465 e. The maximum Gasteiger partial charge on any atom is 0.345 e. The number of hydrogen-bond acceptors (Lipinski definition) is 7. The summed E-state index contributed by atoms with van der Waals surface area (Å²) in [6.45, 7) is 0. The van der Waals surface area contributed by atoms with Gasteiger partial charge in [0.2, 0.25) is 0 Å². The fourth-order valence-corrected chi connectivity index (χ4v) is 4.70. The number of methoxy groups -OCH3 is 1. The van der Waals surface area contributed by atoms with Crippen molar-refractivity contribution in [3.05, 3.63) is 51.3 Å².